The van der Waals surface area contributed by atoms with Crippen molar-refractivity contribution >= 4 is 106 Å². The second-order valence-corrected chi connectivity index (χ2v) is 12.7. The van der Waals surface area contributed by atoms with Gasteiger partial charge < -0.3 is 37.6 Å². The van der Waals surface area contributed by atoms with Crippen molar-refractivity contribution in [3.05, 3.63) is 59.2 Å². The first kappa shape index (κ1) is 29.1. The summed E-state index contributed by atoms with van der Waals surface area (Å²) in [6, 6.07) is 0. The largest absolute Gasteiger partial charge is 0.544 e. The van der Waals surface area contributed by atoms with Gasteiger partial charge in [0.15, 0.2) is 0 Å². The zero-order valence-electron chi connectivity index (χ0n) is 14.6. The average Bonchev–Trinajstić information content (AvgIpc) is 3.44. The minimum Gasteiger partial charge on any atom is -0.544 e. The molecule has 0 saturated heterocycles. The van der Waals surface area contributed by atoms with Gasteiger partial charge in [-0.1, -0.05) is 94.1 Å². The summed E-state index contributed by atoms with van der Waals surface area (Å²) in [7, 11) is 0. The third-order valence-corrected chi connectivity index (χ3v) is 12.5. The Morgan fingerprint density at radius 1 is 0.621 bits per heavy atom. The monoisotopic (exact) mass is 548 g/mol. The van der Waals surface area contributed by atoms with Crippen LogP contribution in [-0.4, -0.2) is 11.9 Å². The molecule has 160 valence electrons. The van der Waals surface area contributed by atoms with Crippen LogP contribution < -0.4 is 22.5 Å². The van der Waals surface area contributed by atoms with Gasteiger partial charge in [0.25, 0.3) is 0 Å². The van der Waals surface area contributed by atoms with Crippen molar-refractivity contribution in [3.63, 3.8) is 0 Å². The lowest BCUT2D eigenvalue weighted by atomic mass is 10.7. The van der Waals surface area contributed by atoms with Gasteiger partial charge in [0.2, 0.25) is 0 Å². The van der Waals surface area contributed by atoms with Crippen molar-refractivity contribution in [1.29, 1.82) is 0 Å². The second-order valence-electron chi connectivity index (χ2n) is 4.14. The molecule has 0 atom stereocenters. The molecule has 29 heavy (non-hydrogen) atoms. The van der Waals surface area contributed by atoms with Crippen molar-refractivity contribution in [2.75, 3.05) is 0 Å². The Morgan fingerprint density at radius 3 is 1.17 bits per heavy atom. The number of hydrogen-bond donors (Lipinski definition) is 2. The molecule has 7 nitrogen and oxygen atoms in total. The number of quaternary nitrogens is 1. The second kappa shape index (κ2) is 14.2. The molecular weight excluding hydrogens is 533 g/mol. The molecule has 0 spiro atoms. The van der Waals surface area contributed by atoms with E-state index >= 15 is 0 Å². The van der Waals surface area contributed by atoms with Gasteiger partial charge in [-0.2, -0.15) is 0 Å². The van der Waals surface area contributed by atoms with E-state index in [1.165, 1.54) is 47.0 Å². The molecule has 0 aromatic carbocycles. The summed E-state index contributed by atoms with van der Waals surface area (Å²) in [5.74, 6) is -2.18. The topological polar surface area (TPSA) is 185 Å². The molecule has 0 aliphatic carbocycles. The van der Waals surface area contributed by atoms with E-state index in [4.69, 9.17) is 0 Å². The summed E-state index contributed by atoms with van der Waals surface area (Å²) < 4.78 is 4.39. The minimum atomic E-state index is -1.09. The van der Waals surface area contributed by atoms with Crippen LogP contribution in [0, 0.1) is 0 Å². The first-order chi connectivity index (χ1) is 12.5. The fourth-order valence-corrected chi connectivity index (χ4v) is 10.0. The highest BCUT2D eigenvalue weighted by Crippen LogP contribution is 2.53. The van der Waals surface area contributed by atoms with Crippen LogP contribution in [0.1, 0.15) is 0 Å². The van der Waals surface area contributed by atoms with E-state index in [1.54, 1.807) is 57.9 Å². The Kier molecular flexibility index (Phi) is 14.2. The van der Waals surface area contributed by atoms with Crippen LogP contribution >= 0.6 is 94.1 Å². The molecule has 15 heteroatoms. The number of carboxylic acids is 2. The van der Waals surface area contributed by atoms with E-state index in [0.29, 0.717) is 9.81 Å². The van der Waals surface area contributed by atoms with Gasteiger partial charge in [0.1, 0.15) is 0 Å². The molecule has 4 heterocycles. The Labute approximate surface area is 201 Å². The SMILES string of the molecule is N.O=C([O-])C1=CSC(=C2SC=CS2)S1.O=C([O-])C1=CSC(=C2SC=CS2)S1.[NH4+].[OH3+]. The fourth-order valence-electron chi connectivity index (χ4n) is 1.48. The van der Waals surface area contributed by atoms with Crippen LogP contribution in [0.15, 0.2) is 59.2 Å². The molecule has 0 saturated carbocycles. The summed E-state index contributed by atoms with van der Waals surface area (Å²) in [4.78, 5) is 21.6. The number of hydrogen-bond acceptors (Lipinski definition) is 13. The van der Waals surface area contributed by atoms with Crippen LogP contribution in [0.2, 0.25) is 0 Å². The van der Waals surface area contributed by atoms with Gasteiger partial charge in [-0.25, -0.2) is 0 Å². The van der Waals surface area contributed by atoms with Crippen LogP contribution in [-0.2, 0) is 15.1 Å². The van der Waals surface area contributed by atoms with Gasteiger partial charge in [-0.15, -0.1) is 0 Å². The van der Waals surface area contributed by atoms with Crippen LogP contribution in [0.25, 0.3) is 0 Å². The van der Waals surface area contributed by atoms with Crippen molar-refractivity contribution in [3.8, 4) is 0 Å². The Balaban J connectivity index is 0.000000490. The normalized spacial score (nSPS) is 18.9. The highest BCUT2D eigenvalue weighted by Gasteiger charge is 2.19. The lowest BCUT2D eigenvalue weighted by Crippen LogP contribution is -2.22. The van der Waals surface area contributed by atoms with E-state index < -0.39 is 11.9 Å². The number of rotatable bonds is 2. The molecule has 0 aromatic rings. The number of carbonyl (C=O) groups is 2. The first-order valence-corrected chi connectivity index (χ1v) is 13.4. The van der Waals surface area contributed by atoms with E-state index in [0.717, 1.165) is 16.9 Å². The average molecular weight is 549 g/mol. The maximum Gasteiger partial charge on any atom is 0.0788 e. The molecule has 4 aliphatic heterocycles. The summed E-state index contributed by atoms with van der Waals surface area (Å²) in [6.45, 7) is 0. The van der Waals surface area contributed by atoms with Gasteiger partial charge in [-0.05, 0) is 32.4 Å². The van der Waals surface area contributed by atoms with Gasteiger partial charge in [0, 0.05) is 9.81 Å². The third-order valence-electron chi connectivity index (χ3n) is 2.50. The predicted octanol–water partition coefficient (Wildman–Crippen LogP) is 3.89. The molecular formula is C14H16N2O5S8. The molecule has 4 rings (SSSR count). The number of thioether (sulfide) groups is 8. The molecule has 0 amide bonds. The quantitative estimate of drug-likeness (QED) is 0.474. The van der Waals surface area contributed by atoms with Crippen LogP contribution in [0.4, 0.5) is 0 Å². The third kappa shape index (κ3) is 8.25. The highest BCUT2D eigenvalue weighted by molar-refractivity contribution is 8.34. The lowest BCUT2D eigenvalue weighted by molar-refractivity contribution is -0.299. The molecule has 10 N–H and O–H groups in total. The zero-order chi connectivity index (χ0) is 18.5. The lowest BCUT2D eigenvalue weighted by Gasteiger charge is -2.02. The van der Waals surface area contributed by atoms with Gasteiger partial charge in [-0.3, -0.25) is 0 Å². The van der Waals surface area contributed by atoms with Crippen LogP contribution in [0.5, 0.6) is 0 Å². The van der Waals surface area contributed by atoms with E-state index in [-0.39, 0.29) is 17.8 Å². The Hall–Kier alpha value is 0.0600. The van der Waals surface area contributed by atoms with E-state index in [9.17, 15) is 19.8 Å². The molecule has 0 bridgehead atoms. The summed E-state index contributed by atoms with van der Waals surface area (Å²) in [5.41, 5.74) is 0. The summed E-state index contributed by atoms with van der Waals surface area (Å²) in [6.07, 6.45) is 0. The molecule has 0 unspecified atom stereocenters. The number of carboxylic acid groups (broad SMARTS) is 2. The zero-order valence-corrected chi connectivity index (χ0v) is 21.2. The molecule has 0 radical (unpaired) electrons. The Bertz CT molecular complexity index is 746. The fraction of sp³-hybridized carbons (Fsp3) is 0. The highest BCUT2D eigenvalue weighted by atomic mass is 32.2. The molecule has 4 aliphatic rings. The minimum absolute atomic E-state index is 0. The maximum atomic E-state index is 10.5. The Morgan fingerprint density at radius 2 is 0.931 bits per heavy atom. The van der Waals surface area contributed by atoms with Gasteiger partial charge in [0.05, 0.1) is 28.9 Å². The van der Waals surface area contributed by atoms with Crippen molar-refractivity contribution in [2.24, 2.45) is 0 Å². The van der Waals surface area contributed by atoms with Crippen molar-refractivity contribution < 1.29 is 25.3 Å². The predicted molar refractivity (Wildman–Crippen MR) is 135 cm³/mol. The number of carbonyl (C=O) groups excluding carboxylic acids is 2. The first-order valence-electron chi connectivity index (χ1n) is 6.52. The summed E-state index contributed by atoms with van der Waals surface area (Å²) in [5, 5.41) is 32.2. The molecule has 0 aromatic heterocycles. The standard InChI is InChI=1S/2C7H4O2S4.2H3N.H2O/c2*8-5(9)4-3-12-7(13-4)6-10-1-2-11-6;;;/h2*1-3H,(H,8,9);2*1H3;1H2. The maximum absolute atomic E-state index is 10.5. The molecule has 0 fully saturated rings. The smallest absolute Gasteiger partial charge is 0.0788 e. The van der Waals surface area contributed by atoms with Gasteiger partial charge >= 0.3 is 0 Å². The van der Waals surface area contributed by atoms with E-state index in [2.05, 4.69) is 0 Å². The van der Waals surface area contributed by atoms with Crippen LogP contribution in [0.3, 0.4) is 0 Å². The van der Waals surface area contributed by atoms with Crippen molar-refractivity contribution in [1.82, 2.24) is 12.3 Å². The van der Waals surface area contributed by atoms with Crippen molar-refractivity contribution in [2.45, 2.75) is 0 Å². The number of aliphatic carboxylic acids is 2. The summed E-state index contributed by atoms with van der Waals surface area (Å²) >= 11 is 12.0. The van der Waals surface area contributed by atoms with E-state index in [1.807, 2.05) is 21.6 Å².